The van der Waals surface area contributed by atoms with Crippen molar-refractivity contribution in [1.29, 1.82) is 0 Å². The average molecular weight is 375 g/mol. The van der Waals surface area contributed by atoms with E-state index in [2.05, 4.69) is 29.5 Å². The van der Waals surface area contributed by atoms with Crippen molar-refractivity contribution in [3.63, 3.8) is 0 Å². The molecule has 0 fully saturated rings. The number of thiol groups is 1. The smallest absolute Gasteiger partial charge is 0.343 e. The van der Waals surface area contributed by atoms with Crippen molar-refractivity contribution in [3.05, 3.63) is 51.8 Å². The molecule has 0 amide bonds. The Morgan fingerprint density at radius 3 is 2.46 bits per heavy atom. The summed E-state index contributed by atoms with van der Waals surface area (Å²) in [5.41, 5.74) is 0.968. The molecule has 1 heterocycles. The summed E-state index contributed by atoms with van der Waals surface area (Å²) in [7, 11) is 0. The van der Waals surface area contributed by atoms with Gasteiger partial charge in [0.05, 0.1) is 4.92 Å². The molecule has 0 atom stereocenters. The number of aromatic nitrogens is 2. The number of hydrogen-bond donors (Lipinski definition) is 1. The quantitative estimate of drug-likeness (QED) is 0.209. The largest absolute Gasteiger partial charge is 0.346 e. The van der Waals surface area contributed by atoms with E-state index in [4.69, 9.17) is 0 Å². The highest BCUT2D eigenvalue weighted by molar-refractivity contribution is 7.80. The summed E-state index contributed by atoms with van der Waals surface area (Å²) < 4.78 is 0. The van der Waals surface area contributed by atoms with Crippen molar-refractivity contribution >= 4 is 24.1 Å². The summed E-state index contributed by atoms with van der Waals surface area (Å²) >= 11 is 4.22. The molecule has 0 saturated carbocycles. The molecule has 0 spiro atoms. The van der Waals surface area contributed by atoms with E-state index in [-0.39, 0.29) is 10.7 Å². The topological polar surface area (TPSA) is 72.2 Å². The molecule has 0 radical (unpaired) electrons. The number of anilines is 1. The summed E-state index contributed by atoms with van der Waals surface area (Å²) in [6, 6.07) is 9.94. The van der Waals surface area contributed by atoms with Crippen LogP contribution in [0.1, 0.15) is 50.4 Å². The summed E-state index contributed by atoms with van der Waals surface area (Å²) in [6.07, 6.45) is 5.65. The van der Waals surface area contributed by atoms with Crippen LogP contribution in [0.5, 0.6) is 0 Å². The van der Waals surface area contributed by atoms with Gasteiger partial charge < -0.3 is 4.90 Å². The van der Waals surface area contributed by atoms with E-state index < -0.39 is 4.92 Å². The minimum atomic E-state index is -0.438. The number of aryl methyl sites for hydroxylation is 1. The lowest BCUT2D eigenvalue weighted by atomic mass is 10.1. The predicted molar refractivity (Wildman–Crippen MR) is 107 cm³/mol. The van der Waals surface area contributed by atoms with Crippen LogP contribution in [-0.2, 0) is 6.54 Å². The number of nitro groups is 1. The zero-order valence-corrected chi connectivity index (χ0v) is 16.3. The first-order chi connectivity index (χ1) is 12.5. The van der Waals surface area contributed by atoms with Gasteiger partial charge in [0.15, 0.2) is 5.03 Å². The third-order valence-corrected chi connectivity index (χ3v) is 4.50. The second-order valence-corrected chi connectivity index (χ2v) is 6.77. The van der Waals surface area contributed by atoms with Crippen molar-refractivity contribution in [1.82, 2.24) is 9.97 Å². The van der Waals surface area contributed by atoms with Gasteiger partial charge in [-0.15, -0.1) is 12.6 Å². The van der Waals surface area contributed by atoms with E-state index in [1.807, 2.05) is 35.2 Å². The molecule has 1 aromatic carbocycles. The fourth-order valence-corrected chi connectivity index (χ4v) is 3.22. The number of unbranched alkanes of at least 4 members (excludes halogenated alkanes) is 4. The van der Waals surface area contributed by atoms with Gasteiger partial charge in [-0.2, -0.15) is 0 Å². The SMILES string of the molecule is CCCCCCCN(Cc1ccccc1)c1nc(C)nc(S)c1[N+](=O)[O-]. The molecule has 0 N–H and O–H groups in total. The first-order valence-corrected chi connectivity index (χ1v) is 9.48. The second kappa shape index (κ2) is 10.1. The van der Waals surface area contributed by atoms with Crippen LogP contribution in [0.4, 0.5) is 11.5 Å². The van der Waals surface area contributed by atoms with Gasteiger partial charge in [0.2, 0.25) is 5.82 Å². The van der Waals surface area contributed by atoms with Crippen LogP contribution in [0.2, 0.25) is 0 Å². The predicted octanol–water partition coefficient (Wildman–Crippen LogP) is 4.96. The zero-order valence-electron chi connectivity index (χ0n) is 15.4. The lowest BCUT2D eigenvalue weighted by Crippen LogP contribution is -2.26. The van der Waals surface area contributed by atoms with Gasteiger partial charge in [-0.3, -0.25) is 10.1 Å². The van der Waals surface area contributed by atoms with E-state index in [9.17, 15) is 10.1 Å². The highest BCUT2D eigenvalue weighted by Gasteiger charge is 2.26. The molecule has 0 saturated heterocycles. The van der Waals surface area contributed by atoms with Gasteiger partial charge in [-0.1, -0.05) is 62.9 Å². The molecule has 0 unspecified atom stereocenters. The van der Waals surface area contributed by atoms with E-state index in [1.165, 1.54) is 19.3 Å². The first kappa shape index (κ1) is 20.2. The Morgan fingerprint density at radius 1 is 1.12 bits per heavy atom. The number of nitrogens with zero attached hydrogens (tertiary/aromatic N) is 4. The van der Waals surface area contributed by atoms with Crippen molar-refractivity contribution in [2.45, 2.75) is 57.5 Å². The molecule has 140 valence electrons. The second-order valence-electron chi connectivity index (χ2n) is 6.35. The summed E-state index contributed by atoms with van der Waals surface area (Å²) in [6.45, 7) is 5.19. The molecule has 0 aliphatic heterocycles. The highest BCUT2D eigenvalue weighted by atomic mass is 32.1. The normalized spacial score (nSPS) is 10.7. The maximum atomic E-state index is 11.6. The molecule has 2 rings (SSSR count). The van der Waals surface area contributed by atoms with Gasteiger partial charge in [0.25, 0.3) is 0 Å². The molecule has 7 heteroatoms. The molecule has 1 aromatic heterocycles. The van der Waals surface area contributed by atoms with Crippen molar-refractivity contribution in [2.75, 3.05) is 11.4 Å². The van der Waals surface area contributed by atoms with Crippen LogP contribution < -0.4 is 4.90 Å². The molecular weight excluding hydrogens is 348 g/mol. The average Bonchev–Trinajstić information content (AvgIpc) is 2.60. The third kappa shape index (κ3) is 5.69. The first-order valence-electron chi connectivity index (χ1n) is 9.03. The van der Waals surface area contributed by atoms with Gasteiger partial charge in [0, 0.05) is 13.1 Å². The van der Waals surface area contributed by atoms with Gasteiger partial charge in [-0.05, 0) is 18.9 Å². The van der Waals surface area contributed by atoms with Crippen LogP contribution in [0.25, 0.3) is 0 Å². The highest BCUT2D eigenvalue weighted by Crippen LogP contribution is 2.32. The van der Waals surface area contributed by atoms with E-state index >= 15 is 0 Å². The van der Waals surface area contributed by atoms with Crippen molar-refractivity contribution in [3.8, 4) is 0 Å². The van der Waals surface area contributed by atoms with Crippen molar-refractivity contribution < 1.29 is 4.92 Å². The molecule has 0 aliphatic rings. The van der Waals surface area contributed by atoms with Crippen LogP contribution in [0.15, 0.2) is 35.4 Å². The maximum absolute atomic E-state index is 11.6. The molecule has 0 aliphatic carbocycles. The van der Waals surface area contributed by atoms with Gasteiger partial charge in [0.1, 0.15) is 5.82 Å². The van der Waals surface area contributed by atoms with Crippen LogP contribution >= 0.6 is 12.6 Å². The Hall–Kier alpha value is -2.15. The van der Waals surface area contributed by atoms with Crippen LogP contribution in [-0.4, -0.2) is 21.4 Å². The molecule has 2 aromatic rings. The zero-order chi connectivity index (χ0) is 18.9. The fourth-order valence-electron chi connectivity index (χ4n) is 2.89. The molecule has 0 bridgehead atoms. The number of hydrogen-bond acceptors (Lipinski definition) is 6. The van der Waals surface area contributed by atoms with Crippen LogP contribution in [0.3, 0.4) is 0 Å². The maximum Gasteiger partial charge on any atom is 0.343 e. The summed E-state index contributed by atoms with van der Waals surface area (Å²) in [4.78, 5) is 21.6. The Balaban J connectivity index is 2.29. The Bertz CT molecular complexity index is 725. The molecular formula is C19H26N4O2S. The lowest BCUT2D eigenvalue weighted by molar-refractivity contribution is -0.387. The van der Waals surface area contributed by atoms with E-state index in [0.717, 1.165) is 18.4 Å². The Kier molecular flexibility index (Phi) is 7.84. The van der Waals surface area contributed by atoms with Crippen LogP contribution in [0, 0.1) is 17.0 Å². The summed E-state index contributed by atoms with van der Waals surface area (Å²) in [5.74, 6) is 0.839. The van der Waals surface area contributed by atoms with Gasteiger partial charge in [-0.25, -0.2) is 9.97 Å². The van der Waals surface area contributed by atoms with Gasteiger partial charge >= 0.3 is 5.69 Å². The molecule has 26 heavy (non-hydrogen) atoms. The monoisotopic (exact) mass is 374 g/mol. The number of rotatable bonds is 10. The standard InChI is InChI=1S/C19H26N4O2S/c1-3-4-5-6-10-13-22(14-16-11-8-7-9-12-16)18-17(23(24)25)19(26)21-15(2)20-18/h7-9,11-12H,3-6,10,13-14H2,1-2H3,(H,20,21,26). The van der Waals surface area contributed by atoms with Crippen molar-refractivity contribution in [2.24, 2.45) is 0 Å². The minimum Gasteiger partial charge on any atom is -0.346 e. The van der Waals surface area contributed by atoms with E-state index in [0.29, 0.717) is 24.7 Å². The Labute approximate surface area is 160 Å². The Morgan fingerprint density at radius 2 is 1.81 bits per heavy atom. The third-order valence-electron chi connectivity index (χ3n) is 4.19. The number of benzene rings is 1. The van der Waals surface area contributed by atoms with E-state index in [1.54, 1.807) is 6.92 Å². The summed E-state index contributed by atoms with van der Waals surface area (Å²) in [5, 5.41) is 11.7. The minimum absolute atomic E-state index is 0.113. The molecule has 6 nitrogen and oxygen atoms in total. The lowest BCUT2D eigenvalue weighted by Gasteiger charge is -2.24. The fraction of sp³-hybridized carbons (Fsp3) is 0.474.